The van der Waals surface area contributed by atoms with Gasteiger partial charge in [-0.1, -0.05) is 11.8 Å². The standard InChI is InChI=1S/C13H17FN2O3S/c1-19-7-8-20(17,18)16-10-12-9-11(3-2-6-15)4-5-13(12)14/h4-5,9,16H,6-8,10,15H2,1H3. The number of methoxy groups -OCH3 is 1. The molecule has 0 fully saturated rings. The maximum Gasteiger partial charge on any atom is 0.214 e. The predicted octanol–water partition coefficient (Wildman–Crippen LogP) is 0.202. The molecule has 20 heavy (non-hydrogen) atoms. The van der Waals surface area contributed by atoms with E-state index in [-0.39, 0.29) is 31.0 Å². The van der Waals surface area contributed by atoms with Crippen LogP contribution in [0.5, 0.6) is 0 Å². The van der Waals surface area contributed by atoms with Gasteiger partial charge in [0.1, 0.15) is 5.82 Å². The van der Waals surface area contributed by atoms with Crippen LogP contribution < -0.4 is 10.5 Å². The van der Waals surface area contributed by atoms with Gasteiger partial charge in [-0.25, -0.2) is 17.5 Å². The van der Waals surface area contributed by atoms with Crippen LogP contribution in [0, 0.1) is 17.7 Å². The van der Waals surface area contributed by atoms with Gasteiger partial charge in [0.15, 0.2) is 0 Å². The summed E-state index contributed by atoms with van der Waals surface area (Å²) in [6.07, 6.45) is 0. The Morgan fingerprint density at radius 3 is 2.85 bits per heavy atom. The van der Waals surface area contributed by atoms with Gasteiger partial charge < -0.3 is 10.5 Å². The molecule has 110 valence electrons. The lowest BCUT2D eigenvalue weighted by Crippen LogP contribution is -2.28. The molecule has 0 saturated heterocycles. The van der Waals surface area contributed by atoms with Crippen LogP contribution in [0.25, 0.3) is 0 Å². The molecule has 0 aromatic heterocycles. The number of rotatable bonds is 6. The largest absolute Gasteiger partial charge is 0.384 e. The fourth-order valence-corrected chi connectivity index (χ4v) is 2.30. The first kappa shape index (κ1) is 16.6. The molecule has 1 rings (SSSR count). The van der Waals surface area contributed by atoms with Crippen molar-refractivity contribution < 1.29 is 17.5 Å². The molecule has 1 aromatic rings. The van der Waals surface area contributed by atoms with Crippen molar-refractivity contribution in [1.82, 2.24) is 4.72 Å². The van der Waals surface area contributed by atoms with Gasteiger partial charge >= 0.3 is 0 Å². The summed E-state index contributed by atoms with van der Waals surface area (Å²) in [6, 6.07) is 4.26. The average molecular weight is 300 g/mol. The number of hydrogen-bond donors (Lipinski definition) is 2. The smallest absolute Gasteiger partial charge is 0.214 e. The molecule has 0 saturated carbocycles. The Morgan fingerprint density at radius 2 is 2.20 bits per heavy atom. The van der Waals surface area contributed by atoms with Gasteiger partial charge in [-0.2, -0.15) is 0 Å². The Bertz CT molecular complexity index is 606. The highest BCUT2D eigenvalue weighted by Crippen LogP contribution is 2.10. The summed E-state index contributed by atoms with van der Waals surface area (Å²) in [7, 11) is -2.07. The maximum atomic E-state index is 13.6. The van der Waals surface area contributed by atoms with E-state index in [0.717, 1.165) is 0 Å². The topological polar surface area (TPSA) is 81.4 Å². The van der Waals surface area contributed by atoms with Gasteiger partial charge in [0, 0.05) is 24.8 Å². The number of nitrogens with two attached hydrogens (primary N) is 1. The highest BCUT2D eigenvalue weighted by molar-refractivity contribution is 7.89. The van der Waals surface area contributed by atoms with Crippen molar-refractivity contribution >= 4 is 10.0 Å². The van der Waals surface area contributed by atoms with E-state index in [1.807, 2.05) is 0 Å². The van der Waals surface area contributed by atoms with E-state index >= 15 is 0 Å². The van der Waals surface area contributed by atoms with Crippen LogP contribution in [0.15, 0.2) is 18.2 Å². The van der Waals surface area contributed by atoms with Gasteiger partial charge in [0.05, 0.1) is 18.9 Å². The molecule has 7 heteroatoms. The molecule has 0 bridgehead atoms. The molecular formula is C13H17FN2O3S. The first-order valence-electron chi connectivity index (χ1n) is 5.92. The van der Waals surface area contributed by atoms with Crippen molar-refractivity contribution in [3.63, 3.8) is 0 Å². The lowest BCUT2D eigenvalue weighted by Gasteiger charge is -2.07. The van der Waals surface area contributed by atoms with Crippen molar-refractivity contribution in [2.75, 3.05) is 26.0 Å². The number of benzene rings is 1. The van der Waals surface area contributed by atoms with Crippen molar-refractivity contribution in [1.29, 1.82) is 0 Å². The van der Waals surface area contributed by atoms with Crippen LogP contribution in [0.3, 0.4) is 0 Å². The third-order valence-corrected chi connectivity index (χ3v) is 3.71. The van der Waals surface area contributed by atoms with Crippen molar-refractivity contribution in [2.24, 2.45) is 5.73 Å². The van der Waals surface area contributed by atoms with Crippen LogP contribution in [0.2, 0.25) is 0 Å². The number of halogens is 1. The summed E-state index contributed by atoms with van der Waals surface area (Å²) in [5, 5.41) is 0. The quantitative estimate of drug-likeness (QED) is 0.736. The van der Waals surface area contributed by atoms with Crippen LogP contribution in [0.1, 0.15) is 11.1 Å². The fourth-order valence-electron chi connectivity index (χ4n) is 1.39. The average Bonchev–Trinajstić information content (AvgIpc) is 2.43. The zero-order valence-electron chi connectivity index (χ0n) is 11.1. The van der Waals surface area contributed by atoms with Crippen LogP contribution in [-0.4, -0.2) is 34.4 Å². The van der Waals surface area contributed by atoms with Crippen LogP contribution in [-0.2, 0) is 21.3 Å². The number of ether oxygens (including phenoxy) is 1. The SMILES string of the molecule is COCCS(=O)(=O)NCc1cc(C#CCN)ccc1F. The fraction of sp³-hybridized carbons (Fsp3) is 0.385. The lowest BCUT2D eigenvalue weighted by molar-refractivity contribution is 0.217. The summed E-state index contributed by atoms with van der Waals surface area (Å²) < 4.78 is 43.7. The molecule has 5 nitrogen and oxygen atoms in total. The second-order valence-electron chi connectivity index (χ2n) is 3.94. The third-order valence-electron chi connectivity index (χ3n) is 2.42. The van der Waals surface area contributed by atoms with E-state index in [1.54, 1.807) is 0 Å². The highest BCUT2D eigenvalue weighted by Gasteiger charge is 2.11. The number of nitrogens with one attached hydrogen (secondary N) is 1. The zero-order valence-corrected chi connectivity index (χ0v) is 12.0. The van der Waals surface area contributed by atoms with E-state index in [1.165, 1.54) is 25.3 Å². The Morgan fingerprint density at radius 1 is 1.45 bits per heavy atom. The highest BCUT2D eigenvalue weighted by atomic mass is 32.2. The summed E-state index contributed by atoms with van der Waals surface area (Å²) in [4.78, 5) is 0. The lowest BCUT2D eigenvalue weighted by atomic mass is 10.1. The van der Waals surface area contributed by atoms with E-state index in [4.69, 9.17) is 10.5 Å². The molecule has 0 unspecified atom stereocenters. The zero-order chi connectivity index (χ0) is 15.0. The second-order valence-corrected chi connectivity index (χ2v) is 5.87. The van der Waals surface area contributed by atoms with Crippen LogP contribution >= 0.6 is 0 Å². The first-order valence-corrected chi connectivity index (χ1v) is 7.57. The second kappa shape index (κ2) is 7.97. The molecule has 0 amide bonds. The van der Waals surface area contributed by atoms with E-state index in [2.05, 4.69) is 16.6 Å². The molecule has 0 spiro atoms. The molecule has 0 aliphatic carbocycles. The molecular weight excluding hydrogens is 283 g/mol. The number of hydrogen-bond acceptors (Lipinski definition) is 4. The summed E-state index contributed by atoms with van der Waals surface area (Å²) in [6.45, 7) is 0.159. The summed E-state index contributed by atoms with van der Waals surface area (Å²) in [5.74, 6) is 4.76. The summed E-state index contributed by atoms with van der Waals surface area (Å²) >= 11 is 0. The minimum absolute atomic E-state index is 0.0832. The minimum atomic E-state index is -3.49. The molecule has 0 heterocycles. The van der Waals surface area contributed by atoms with Crippen molar-refractivity contribution in [3.05, 3.63) is 35.1 Å². The molecule has 3 N–H and O–H groups in total. The first-order chi connectivity index (χ1) is 9.48. The van der Waals surface area contributed by atoms with Gasteiger partial charge in [0.2, 0.25) is 10.0 Å². The van der Waals surface area contributed by atoms with Gasteiger partial charge in [0.25, 0.3) is 0 Å². The summed E-state index contributed by atoms with van der Waals surface area (Å²) in [5.41, 5.74) is 6.07. The van der Waals surface area contributed by atoms with Gasteiger partial charge in [-0.15, -0.1) is 0 Å². The van der Waals surface area contributed by atoms with Gasteiger partial charge in [-0.05, 0) is 18.2 Å². The number of sulfonamides is 1. The Balaban J connectivity index is 2.77. The predicted molar refractivity (Wildman–Crippen MR) is 74.8 cm³/mol. The van der Waals surface area contributed by atoms with Crippen LogP contribution in [0.4, 0.5) is 4.39 Å². The van der Waals surface area contributed by atoms with E-state index < -0.39 is 15.8 Å². The normalized spacial score (nSPS) is 10.9. The maximum absolute atomic E-state index is 13.6. The third kappa shape index (κ3) is 5.67. The monoisotopic (exact) mass is 300 g/mol. The Hall–Kier alpha value is -1.46. The van der Waals surface area contributed by atoms with Crippen molar-refractivity contribution in [3.8, 4) is 11.8 Å². The van der Waals surface area contributed by atoms with E-state index in [0.29, 0.717) is 5.56 Å². The molecule has 0 aliphatic rings. The molecule has 0 radical (unpaired) electrons. The molecule has 1 aromatic carbocycles. The minimum Gasteiger partial charge on any atom is -0.384 e. The molecule has 0 aliphatic heterocycles. The Labute approximate surface area is 118 Å². The van der Waals surface area contributed by atoms with Gasteiger partial charge in [-0.3, -0.25) is 0 Å². The van der Waals surface area contributed by atoms with Crippen molar-refractivity contribution in [2.45, 2.75) is 6.54 Å². The Kier molecular flexibility index (Phi) is 6.61. The molecule has 0 atom stereocenters. The van der Waals surface area contributed by atoms with E-state index in [9.17, 15) is 12.8 Å².